The zero-order chi connectivity index (χ0) is 25.2. The minimum absolute atomic E-state index is 0.0142. The van der Waals surface area contributed by atoms with Crippen LogP contribution in [0.1, 0.15) is 57.1 Å². The third-order valence-corrected chi connectivity index (χ3v) is 7.16. The topological polar surface area (TPSA) is 95.9 Å². The lowest BCUT2D eigenvalue weighted by atomic mass is 9.84. The summed E-state index contributed by atoms with van der Waals surface area (Å²) in [5, 5.41) is 11.9. The molecule has 7 heteroatoms. The van der Waals surface area contributed by atoms with Crippen LogP contribution in [0.4, 0.5) is 4.79 Å². The number of rotatable bonds is 7. The highest BCUT2D eigenvalue weighted by Gasteiger charge is 2.34. The van der Waals surface area contributed by atoms with Gasteiger partial charge in [-0.1, -0.05) is 69.3 Å². The maximum absolute atomic E-state index is 12.9. The van der Waals surface area contributed by atoms with Gasteiger partial charge in [-0.05, 0) is 40.0 Å². The van der Waals surface area contributed by atoms with Crippen molar-refractivity contribution in [3.63, 3.8) is 0 Å². The number of benzene rings is 2. The van der Waals surface area contributed by atoms with Crippen molar-refractivity contribution in [1.82, 2.24) is 10.2 Å². The average Bonchev–Trinajstić information content (AvgIpc) is 3.39. The number of likely N-dealkylation sites (tertiary alicyclic amines) is 1. The van der Waals surface area contributed by atoms with E-state index in [1.54, 1.807) is 4.90 Å². The van der Waals surface area contributed by atoms with Crippen molar-refractivity contribution in [3.8, 4) is 11.1 Å². The van der Waals surface area contributed by atoms with E-state index >= 15 is 0 Å². The lowest BCUT2D eigenvalue weighted by Crippen LogP contribution is -2.47. The molecule has 186 valence electrons. The van der Waals surface area contributed by atoms with Gasteiger partial charge < -0.3 is 20.1 Å². The lowest BCUT2D eigenvalue weighted by Gasteiger charge is -2.32. The fourth-order valence-corrected chi connectivity index (χ4v) is 5.13. The molecule has 0 bridgehead atoms. The Balaban J connectivity index is 1.37. The van der Waals surface area contributed by atoms with Gasteiger partial charge in [0, 0.05) is 37.9 Å². The third-order valence-electron chi connectivity index (χ3n) is 7.16. The Morgan fingerprint density at radius 3 is 2.23 bits per heavy atom. The van der Waals surface area contributed by atoms with E-state index in [9.17, 15) is 14.4 Å². The first-order chi connectivity index (χ1) is 16.6. The van der Waals surface area contributed by atoms with Crippen molar-refractivity contribution < 1.29 is 24.2 Å². The number of carbonyl (C=O) groups excluding carboxylic acids is 2. The monoisotopic (exact) mass is 478 g/mol. The minimum atomic E-state index is -0.839. The second-order valence-corrected chi connectivity index (χ2v) is 10.7. The average molecular weight is 479 g/mol. The van der Waals surface area contributed by atoms with Gasteiger partial charge in [0.1, 0.15) is 6.61 Å². The summed E-state index contributed by atoms with van der Waals surface area (Å²) in [6.45, 7) is 7.16. The fourth-order valence-electron chi connectivity index (χ4n) is 5.13. The Kier molecular flexibility index (Phi) is 7.15. The van der Waals surface area contributed by atoms with Crippen LogP contribution in [0.2, 0.25) is 0 Å². The van der Waals surface area contributed by atoms with Crippen LogP contribution < -0.4 is 5.32 Å². The van der Waals surface area contributed by atoms with E-state index in [4.69, 9.17) is 9.84 Å². The molecule has 0 saturated carbocycles. The number of carbonyl (C=O) groups is 3. The van der Waals surface area contributed by atoms with Crippen molar-refractivity contribution in [2.24, 2.45) is 11.3 Å². The van der Waals surface area contributed by atoms with Gasteiger partial charge in [-0.2, -0.15) is 0 Å². The van der Waals surface area contributed by atoms with Crippen molar-refractivity contribution in [2.75, 3.05) is 19.7 Å². The molecule has 1 heterocycles. The highest BCUT2D eigenvalue weighted by molar-refractivity contribution is 5.80. The Hall–Kier alpha value is -3.35. The Morgan fingerprint density at radius 2 is 1.66 bits per heavy atom. The first kappa shape index (κ1) is 24.8. The lowest BCUT2D eigenvalue weighted by molar-refractivity contribution is -0.138. The van der Waals surface area contributed by atoms with Crippen LogP contribution in [0.3, 0.4) is 0 Å². The number of carboxylic acid groups (broad SMARTS) is 1. The molecule has 4 rings (SSSR count). The molecule has 2 aromatic rings. The predicted molar refractivity (Wildman–Crippen MR) is 133 cm³/mol. The van der Waals surface area contributed by atoms with E-state index < -0.39 is 18.1 Å². The van der Waals surface area contributed by atoms with Gasteiger partial charge >= 0.3 is 12.1 Å². The Labute approximate surface area is 206 Å². The van der Waals surface area contributed by atoms with E-state index in [1.807, 2.05) is 45.0 Å². The van der Waals surface area contributed by atoms with Gasteiger partial charge in [0.05, 0.1) is 0 Å². The van der Waals surface area contributed by atoms with Crippen LogP contribution in [0.5, 0.6) is 0 Å². The van der Waals surface area contributed by atoms with Crippen LogP contribution in [-0.2, 0) is 14.3 Å². The molecule has 2 N–H and O–H groups in total. The quantitative estimate of drug-likeness (QED) is 0.604. The summed E-state index contributed by atoms with van der Waals surface area (Å²) in [5.41, 5.74) is 4.27. The molecule has 7 nitrogen and oxygen atoms in total. The number of hydrogen-bond acceptors (Lipinski definition) is 4. The van der Waals surface area contributed by atoms with Gasteiger partial charge in [-0.3, -0.25) is 9.59 Å². The maximum Gasteiger partial charge on any atom is 0.407 e. The second kappa shape index (κ2) is 10.1. The van der Waals surface area contributed by atoms with Gasteiger partial charge in [-0.15, -0.1) is 0 Å². The molecule has 2 atom stereocenters. The first-order valence-electron chi connectivity index (χ1n) is 12.2. The number of nitrogens with zero attached hydrogens (tertiary/aromatic N) is 1. The Morgan fingerprint density at radius 1 is 1.06 bits per heavy atom. The van der Waals surface area contributed by atoms with Crippen LogP contribution in [-0.4, -0.2) is 53.7 Å². The number of alkyl carbamates (subject to hydrolysis) is 1. The molecule has 1 saturated heterocycles. The van der Waals surface area contributed by atoms with Gasteiger partial charge in [0.25, 0.3) is 0 Å². The van der Waals surface area contributed by atoms with Gasteiger partial charge in [-0.25, -0.2) is 4.79 Å². The molecule has 2 unspecified atom stereocenters. The fraction of sp³-hybridized carbons (Fsp3) is 0.464. The van der Waals surface area contributed by atoms with Crippen molar-refractivity contribution in [2.45, 2.75) is 52.0 Å². The van der Waals surface area contributed by atoms with E-state index in [1.165, 1.54) is 11.1 Å². The van der Waals surface area contributed by atoms with Crippen LogP contribution in [0, 0.1) is 11.3 Å². The molecule has 2 aliphatic rings. The first-order valence-corrected chi connectivity index (χ1v) is 12.2. The zero-order valence-electron chi connectivity index (χ0n) is 20.6. The van der Waals surface area contributed by atoms with E-state index in [0.29, 0.717) is 19.5 Å². The Bertz CT molecular complexity index is 1060. The number of amides is 2. The predicted octanol–water partition coefficient (Wildman–Crippen LogP) is 4.65. The van der Waals surface area contributed by atoms with Gasteiger partial charge in [0.2, 0.25) is 5.91 Å². The maximum atomic E-state index is 12.9. The molecular formula is C28H34N2O5. The summed E-state index contributed by atoms with van der Waals surface area (Å²) in [7, 11) is 0. The molecule has 0 aromatic heterocycles. The van der Waals surface area contributed by atoms with Gasteiger partial charge in [0.15, 0.2) is 0 Å². The van der Waals surface area contributed by atoms with E-state index in [-0.39, 0.29) is 42.6 Å². The van der Waals surface area contributed by atoms with Crippen LogP contribution in [0.15, 0.2) is 48.5 Å². The molecule has 35 heavy (non-hydrogen) atoms. The van der Waals surface area contributed by atoms with Crippen molar-refractivity contribution >= 4 is 18.0 Å². The molecule has 1 fully saturated rings. The van der Waals surface area contributed by atoms with Crippen molar-refractivity contribution in [1.29, 1.82) is 0 Å². The number of fused-ring (bicyclic) bond motifs is 3. The SMILES string of the molecule is CC(C)(C)C(CC(=O)N1CCC(CC(=O)O)C1)NC(=O)OCC1c2ccccc2-c2ccccc21. The third kappa shape index (κ3) is 5.66. The molecule has 1 aliphatic heterocycles. The molecule has 0 radical (unpaired) electrons. The molecule has 0 spiro atoms. The van der Waals surface area contributed by atoms with Crippen LogP contribution >= 0.6 is 0 Å². The normalized spacial score (nSPS) is 18.0. The number of carboxylic acids is 1. The minimum Gasteiger partial charge on any atom is -0.481 e. The molecular weight excluding hydrogens is 444 g/mol. The summed E-state index contributed by atoms with van der Waals surface area (Å²) >= 11 is 0. The zero-order valence-corrected chi connectivity index (χ0v) is 20.6. The highest BCUT2D eigenvalue weighted by atomic mass is 16.5. The smallest absolute Gasteiger partial charge is 0.407 e. The standard InChI is InChI=1S/C28H34N2O5/c1-28(2,3)24(15-25(31)30-13-12-18(16-30)14-26(32)33)29-27(34)35-17-23-21-10-6-4-8-19(21)20-9-5-7-11-22(20)23/h4-11,18,23-24H,12-17H2,1-3H3,(H,29,34)(H,32,33). The second-order valence-electron chi connectivity index (χ2n) is 10.7. The van der Waals surface area contributed by atoms with Crippen LogP contribution in [0.25, 0.3) is 11.1 Å². The number of hydrogen-bond donors (Lipinski definition) is 2. The summed E-state index contributed by atoms with van der Waals surface area (Å²) in [6, 6.07) is 15.9. The largest absolute Gasteiger partial charge is 0.481 e. The van der Waals surface area contributed by atoms with E-state index in [0.717, 1.165) is 11.1 Å². The molecule has 1 aliphatic carbocycles. The highest BCUT2D eigenvalue weighted by Crippen LogP contribution is 2.44. The summed E-state index contributed by atoms with van der Waals surface area (Å²) in [6.07, 6.45) is 0.375. The number of nitrogens with one attached hydrogen (secondary N) is 1. The van der Waals surface area contributed by atoms with Crippen molar-refractivity contribution in [3.05, 3.63) is 59.7 Å². The molecule has 2 amide bonds. The summed E-state index contributed by atoms with van der Waals surface area (Å²) in [5.74, 6) is -0.955. The van der Waals surface area contributed by atoms with E-state index in [2.05, 4.69) is 29.6 Å². The number of ether oxygens (including phenoxy) is 1. The number of aliphatic carboxylic acids is 1. The summed E-state index contributed by atoms with van der Waals surface area (Å²) < 4.78 is 5.69. The summed E-state index contributed by atoms with van der Waals surface area (Å²) in [4.78, 5) is 38.5. The molecule has 2 aromatic carbocycles.